The van der Waals surface area contributed by atoms with Gasteiger partial charge in [-0.25, -0.2) is 4.79 Å². The minimum Gasteiger partial charge on any atom is -0.467 e. The van der Waals surface area contributed by atoms with Gasteiger partial charge in [0.25, 0.3) is 5.91 Å². The topological polar surface area (TPSA) is 58.6 Å². The summed E-state index contributed by atoms with van der Waals surface area (Å²) in [7, 11) is 1.32. The van der Waals surface area contributed by atoms with Crippen LogP contribution in [-0.4, -0.2) is 42.5 Å². The molecule has 1 unspecified atom stereocenters. The van der Waals surface area contributed by atoms with Gasteiger partial charge in [0.2, 0.25) is 0 Å². The molecule has 0 fully saturated rings. The second kappa shape index (κ2) is 6.93. The SMILES string of the molecule is C=CCCNC1=CC(C)(C(=O)OC)N(CCC=C)C1=O. The molecule has 0 aromatic carbocycles. The van der Waals surface area contributed by atoms with Crippen LogP contribution >= 0.6 is 0 Å². The lowest BCUT2D eigenvalue weighted by Crippen LogP contribution is -2.51. The fraction of sp³-hybridized carbons (Fsp3) is 0.467. The average molecular weight is 278 g/mol. The lowest BCUT2D eigenvalue weighted by Gasteiger charge is -2.31. The summed E-state index contributed by atoms with van der Waals surface area (Å²) < 4.78 is 4.82. The standard InChI is InChI=1S/C15H22N2O3/c1-5-7-9-16-12-11-15(3,14(19)20-4)17(13(12)18)10-8-6-2/h5-6,11,16H,1-2,7-10H2,3-4H3. The number of methoxy groups -OCH3 is 1. The predicted octanol–water partition coefficient (Wildman–Crippen LogP) is 1.39. The number of nitrogens with zero attached hydrogens (tertiary/aromatic N) is 1. The van der Waals surface area contributed by atoms with E-state index in [4.69, 9.17) is 4.74 Å². The van der Waals surface area contributed by atoms with Gasteiger partial charge in [0.1, 0.15) is 0 Å². The van der Waals surface area contributed by atoms with Crippen molar-refractivity contribution in [2.24, 2.45) is 0 Å². The maximum atomic E-state index is 12.4. The molecule has 0 saturated carbocycles. The fourth-order valence-electron chi connectivity index (χ4n) is 2.14. The highest BCUT2D eigenvalue weighted by molar-refractivity contribution is 6.03. The number of hydrogen-bond donors (Lipinski definition) is 1. The summed E-state index contributed by atoms with van der Waals surface area (Å²) in [6.45, 7) is 9.99. The summed E-state index contributed by atoms with van der Waals surface area (Å²) in [5.74, 6) is -0.640. The maximum Gasteiger partial charge on any atom is 0.335 e. The molecule has 5 nitrogen and oxygen atoms in total. The van der Waals surface area contributed by atoms with Crippen LogP contribution in [0.25, 0.3) is 0 Å². The predicted molar refractivity (Wildman–Crippen MR) is 77.8 cm³/mol. The third-order valence-corrected chi connectivity index (χ3v) is 3.28. The molecule has 0 saturated heterocycles. The zero-order chi connectivity index (χ0) is 15.2. The zero-order valence-corrected chi connectivity index (χ0v) is 12.1. The molecule has 1 aliphatic rings. The third kappa shape index (κ3) is 3.10. The van der Waals surface area contributed by atoms with Gasteiger partial charge < -0.3 is 15.0 Å². The number of esters is 1. The van der Waals surface area contributed by atoms with E-state index in [-0.39, 0.29) is 5.91 Å². The summed E-state index contributed by atoms with van der Waals surface area (Å²) in [5, 5.41) is 3.04. The van der Waals surface area contributed by atoms with Crippen LogP contribution in [-0.2, 0) is 14.3 Å². The summed E-state index contributed by atoms with van der Waals surface area (Å²) in [5.41, 5.74) is -0.630. The van der Waals surface area contributed by atoms with Gasteiger partial charge >= 0.3 is 5.97 Å². The van der Waals surface area contributed by atoms with E-state index in [1.54, 1.807) is 25.2 Å². The number of carbonyl (C=O) groups is 2. The van der Waals surface area contributed by atoms with Crippen LogP contribution in [0.15, 0.2) is 37.1 Å². The summed E-state index contributed by atoms with van der Waals surface area (Å²) in [4.78, 5) is 25.9. The molecule has 1 aliphatic heterocycles. The van der Waals surface area contributed by atoms with Gasteiger partial charge in [-0.05, 0) is 25.8 Å². The Morgan fingerprint density at radius 1 is 1.45 bits per heavy atom. The Morgan fingerprint density at radius 3 is 2.65 bits per heavy atom. The molecular formula is C15H22N2O3. The molecule has 1 amide bonds. The van der Waals surface area contributed by atoms with Gasteiger partial charge in [-0.3, -0.25) is 4.79 Å². The molecule has 0 bridgehead atoms. The van der Waals surface area contributed by atoms with E-state index in [0.29, 0.717) is 25.2 Å². The first-order chi connectivity index (χ1) is 9.51. The monoisotopic (exact) mass is 278 g/mol. The molecule has 5 heteroatoms. The molecule has 0 aliphatic carbocycles. The van der Waals surface area contributed by atoms with E-state index >= 15 is 0 Å². The van der Waals surface area contributed by atoms with Crippen LogP contribution < -0.4 is 5.32 Å². The normalized spacial score (nSPS) is 21.4. The van der Waals surface area contributed by atoms with Crippen LogP contribution in [0.1, 0.15) is 19.8 Å². The second-order valence-corrected chi connectivity index (χ2v) is 4.74. The van der Waals surface area contributed by atoms with Crippen LogP contribution in [0.2, 0.25) is 0 Å². The Morgan fingerprint density at radius 2 is 2.10 bits per heavy atom. The highest BCUT2D eigenvalue weighted by Gasteiger charge is 2.47. The Kier molecular flexibility index (Phi) is 5.55. The largest absolute Gasteiger partial charge is 0.467 e. The van der Waals surface area contributed by atoms with Crippen molar-refractivity contribution >= 4 is 11.9 Å². The van der Waals surface area contributed by atoms with E-state index < -0.39 is 11.5 Å². The first-order valence-electron chi connectivity index (χ1n) is 6.60. The molecular weight excluding hydrogens is 256 g/mol. The summed E-state index contributed by atoms with van der Waals surface area (Å²) in [6, 6.07) is 0. The smallest absolute Gasteiger partial charge is 0.335 e. The van der Waals surface area contributed by atoms with Gasteiger partial charge in [-0.15, -0.1) is 13.2 Å². The van der Waals surface area contributed by atoms with Gasteiger partial charge in [-0.2, -0.15) is 0 Å². The highest BCUT2D eigenvalue weighted by atomic mass is 16.5. The second-order valence-electron chi connectivity index (χ2n) is 4.74. The number of rotatable bonds is 8. The van der Waals surface area contributed by atoms with Gasteiger partial charge in [0.15, 0.2) is 5.54 Å². The van der Waals surface area contributed by atoms with E-state index in [1.807, 2.05) is 0 Å². The van der Waals surface area contributed by atoms with E-state index in [2.05, 4.69) is 18.5 Å². The quantitative estimate of drug-likeness (QED) is 0.414. The Hall–Kier alpha value is -2.04. The van der Waals surface area contributed by atoms with Crippen molar-refractivity contribution in [3.05, 3.63) is 37.1 Å². The van der Waals surface area contributed by atoms with E-state index in [0.717, 1.165) is 6.42 Å². The van der Waals surface area contributed by atoms with Gasteiger partial charge in [0.05, 0.1) is 12.8 Å². The molecule has 1 N–H and O–H groups in total. The molecule has 0 aromatic rings. The molecule has 0 radical (unpaired) electrons. The third-order valence-electron chi connectivity index (χ3n) is 3.28. The van der Waals surface area contributed by atoms with Crippen LogP contribution in [0.3, 0.4) is 0 Å². The molecule has 0 aromatic heterocycles. The zero-order valence-electron chi connectivity index (χ0n) is 12.1. The first-order valence-corrected chi connectivity index (χ1v) is 6.60. The van der Waals surface area contributed by atoms with Crippen molar-refractivity contribution in [1.29, 1.82) is 0 Å². The first kappa shape index (κ1) is 16.0. The van der Waals surface area contributed by atoms with Crippen molar-refractivity contribution in [3.8, 4) is 0 Å². The van der Waals surface area contributed by atoms with Crippen molar-refractivity contribution in [2.45, 2.75) is 25.3 Å². The molecule has 1 heterocycles. The number of hydrogen-bond acceptors (Lipinski definition) is 4. The minimum atomic E-state index is -1.06. The lowest BCUT2D eigenvalue weighted by atomic mass is 10.0. The Labute approximate surface area is 120 Å². The van der Waals surface area contributed by atoms with Crippen LogP contribution in [0.4, 0.5) is 0 Å². The molecule has 0 spiro atoms. The van der Waals surface area contributed by atoms with E-state index in [9.17, 15) is 9.59 Å². The fourth-order valence-corrected chi connectivity index (χ4v) is 2.14. The molecule has 1 atom stereocenters. The maximum absolute atomic E-state index is 12.4. The highest BCUT2D eigenvalue weighted by Crippen LogP contribution is 2.28. The number of ether oxygens (including phenoxy) is 1. The summed E-state index contributed by atoms with van der Waals surface area (Å²) in [6.07, 6.45) is 6.47. The molecule has 110 valence electrons. The Bertz CT molecular complexity index is 442. The van der Waals surface area contributed by atoms with Gasteiger partial charge in [-0.1, -0.05) is 12.2 Å². The summed E-state index contributed by atoms with van der Waals surface area (Å²) >= 11 is 0. The van der Waals surface area contributed by atoms with Gasteiger partial charge in [0, 0.05) is 13.1 Å². The number of amides is 1. The van der Waals surface area contributed by atoms with Crippen LogP contribution in [0.5, 0.6) is 0 Å². The van der Waals surface area contributed by atoms with Crippen LogP contribution in [0, 0.1) is 0 Å². The van der Waals surface area contributed by atoms with Crippen molar-refractivity contribution in [1.82, 2.24) is 10.2 Å². The minimum absolute atomic E-state index is 0.191. The number of carbonyl (C=O) groups excluding carboxylic acids is 2. The molecule has 1 rings (SSSR count). The average Bonchev–Trinajstić information content (AvgIpc) is 2.69. The van der Waals surface area contributed by atoms with Crippen molar-refractivity contribution in [3.63, 3.8) is 0 Å². The van der Waals surface area contributed by atoms with E-state index in [1.165, 1.54) is 12.0 Å². The molecule has 20 heavy (non-hydrogen) atoms. The van der Waals surface area contributed by atoms with Crippen molar-refractivity contribution in [2.75, 3.05) is 20.2 Å². The number of nitrogens with one attached hydrogen (secondary N) is 1. The Balaban J connectivity index is 2.95. The lowest BCUT2D eigenvalue weighted by molar-refractivity contribution is -0.154. The van der Waals surface area contributed by atoms with Crippen molar-refractivity contribution < 1.29 is 14.3 Å².